The van der Waals surface area contributed by atoms with Crippen LogP contribution in [0, 0.1) is 6.92 Å². The number of allylic oxidation sites excluding steroid dienone is 2. The van der Waals surface area contributed by atoms with Gasteiger partial charge in [-0.1, -0.05) is 51.5 Å². The van der Waals surface area contributed by atoms with Crippen LogP contribution >= 0.6 is 0 Å². The van der Waals surface area contributed by atoms with Crippen molar-refractivity contribution in [2.24, 2.45) is 4.99 Å². The SMILES string of the molecule is C=C(/N=C(CCc1cnc2c(c1C)NCCO2)\C(=C/C)CCC)Nc1ccc(CC(=O)CCCC)cc1. The van der Waals surface area contributed by atoms with E-state index in [0.29, 0.717) is 36.9 Å². The number of carbonyl (C=O) groups is 1. The molecule has 0 aliphatic carbocycles. The van der Waals surface area contributed by atoms with Crippen LogP contribution < -0.4 is 15.4 Å². The zero-order chi connectivity index (χ0) is 26.6. The van der Waals surface area contributed by atoms with Crippen LogP contribution in [-0.4, -0.2) is 29.6 Å². The maximum Gasteiger partial charge on any atom is 0.237 e. The largest absolute Gasteiger partial charge is 0.474 e. The lowest BCUT2D eigenvalue weighted by atomic mass is 9.97. The normalized spacial score (nSPS) is 13.4. The second kappa shape index (κ2) is 14.4. The van der Waals surface area contributed by atoms with Gasteiger partial charge in [0.25, 0.3) is 0 Å². The molecule has 0 bridgehead atoms. The second-order valence-corrected chi connectivity index (χ2v) is 9.57. The summed E-state index contributed by atoms with van der Waals surface area (Å²) < 4.78 is 5.68. The molecule has 198 valence electrons. The van der Waals surface area contributed by atoms with Gasteiger partial charge < -0.3 is 15.4 Å². The third kappa shape index (κ3) is 8.31. The number of hydrogen-bond donors (Lipinski definition) is 2. The van der Waals surface area contributed by atoms with Crippen molar-refractivity contribution in [1.82, 2.24) is 4.98 Å². The van der Waals surface area contributed by atoms with Crippen molar-refractivity contribution >= 4 is 22.9 Å². The quantitative estimate of drug-likeness (QED) is 0.267. The summed E-state index contributed by atoms with van der Waals surface area (Å²) in [6, 6.07) is 7.98. The Morgan fingerprint density at radius 2 is 1.97 bits per heavy atom. The molecule has 6 nitrogen and oxygen atoms in total. The van der Waals surface area contributed by atoms with Gasteiger partial charge in [0, 0.05) is 37.0 Å². The number of unbranched alkanes of at least 4 members (excludes halogenated alkanes) is 1. The van der Waals surface area contributed by atoms with E-state index in [9.17, 15) is 4.79 Å². The second-order valence-electron chi connectivity index (χ2n) is 9.57. The number of hydrogen-bond acceptors (Lipinski definition) is 6. The van der Waals surface area contributed by atoms with E-state index in [1.54, 1.807) is 0 Å². The number of rotatable bonds is 14. The topological polar surface area (TPSA) is 75.6 Å². The van der Waals surface area contributed by atoms with E-state index in [4.69, 9.17) is 9.73 Å². The maximum absolute atomic E-state index is 12.1. The lowest BCUT2D eigenvalue weighted by Gasteiger charge is -2.21. The zero-order valence-corrected chi connectivity index (χ0v) is 23.0. The van der Waals surface area contributed by atoms with E-state index < -0.39 is 0 Å². The fraction of sp³-hybridized carbons (Fsp3) is 0.452. The summed E-state index contributed by atoms with van der Waals surface area (Å²) in [5.74, 6) is 1.59. The molecule has 0 radical (unpaired) electrons. The number of carbonyl (C=O) groups excluding carboxylic acids is 1. The minimum atomic E-state index is 0.295. The molecule has 0 atom stereocenters. The summed E-state index contributed by atoms with van der Waals surface area (Å²) in [5.41, 5.74) is 7.62. The summed E-state index contributed by atoms with van der Waals surface area (Å²) in [7, 11) is 0. The Morgan fingerprint density at radius 3 is 2.68 bits per heavy atom. The molecule has 0 saturated carbocycles. The third-order valence-corrected chi connectivity index (χ3v) is 6.64. The number of fused-ring (bicyclic) bond motifs is 1. The average Bonchev–Trinajstić information content (AvgIpc) is 2.90. The Labute approximate surface area is 222 Å². The van der Waals surface area contributed by atoms with E-state index in [-0.39, 0.29) is 0 Å². The lowest BCUT2D eigenvalue weighted by Crippen LogP contribution is -2.20. The van der Waals surface area contributed by atoms with Crippen molar-refractivity contribution in [3.8, 4) is 5.88 Å². The molecule has 0 amide bonds. The highest BCUT2D eigenvalue weighted by Crippen LogP contribution is 2.31. The van der Waals surface area contributed by atoms with Crippen LogP contribution in [0.4, 0.5) is 11.4 Å². The number of aryl methyl sites for hydroxylation is 1. The molecular formula is C31H42N4O2. The fourth-order valence-corrected chi connectivity index (χ4v) is 4.53. The van der Waals surface area contributed by atoms with Gasteiger partial charge in [-0.15, -0.1) is 0 Å². The Morgan fingerprint density at radius 1 is 1.19 bits per heavy atom. The number of ether oxygens (including phenoxy) is 1. The highest BCUT2D eigenvalue weighted by Gasteiger charge is 2.17. The number of aliphatic imine (C=N–C) groups is 1. The first-order valence-electron chi connectivity index (χ1n) is 13.6. The predicted octanol–water partition coefficient (Wildman–Crippen LogP) is 7.20. The molecule has 2 aromatic rings. The van der Waals surface area contributed by atoms with Crippen LogP contribution in [0.3, 0.4) is 0 Å². The number of Topliss-reactive ketones (excluding diaryl/α,β-unsaturated/α-hetero) is 1. The number of aromatic nitrogens is 1. The Kier molecular flexibility index (Phi) is 10.9. The third-order valence-electron chi connectivity index (χ3n) is 6.64. The zero-order valence-electron chi connectivity index (χ0n) is 23.0. The van der Waals surface area contributed by atoms with Gasteiger partial charge in [0.2, 0.25) is 5.88 Å². The minimum Gasteiger partial charge on any atom is -0.474 e. The summed E-state index contributed by atoms with van der Waals surface area (Å²) in [6.07, 6.45) is 10.9. The van der Waals surface area contributed by atoms with Crippen LogP contribution in [0.15, 0.2) is 59.5 Å². The van der Waals surface area contributed by atoms with Gasteiger partial charge in [-0.05, 0) is 73.9 Å². The first-order chi connectivity index (χ1) is 17.9. The van der Waals surface area contributed by atoms with Crippen molar-refractivity contribution in [3.63, 3.8) is 0 Å². The van der Waals surface area contributed by atoms with Crippen molar-refractivity contribution in [2.45, 2.75) is 79.1 Å². The van der Waals surface area contributed by atoms with Gasteiger partial charge in [-0.25, -0.2) is 9.98 Å². The molecule has 37 heavy (non-hydrogen) atoms. The molecule has 3 rings (SSSR count). The van der Waals surface area contributed by atoms with Gasteiger partial charge in [0.1, 0.15) is 23.9 Å². The molecule has 1 aromatic carbocycles. The number of ketones is 1. The number of pyridine rings is 1. The molecule has 6 heteroatoms. The van der Waals surface area contributed by atoms with E-state index in [1.165, 1.54) is 16.7 Å². The van der Waals surface area contributed by atoms with Gasteiger partial charge in [0.15, 0.2) is 0 Å². The van der Waals surface area contributed by atoms with Gasteiger partial charge >= 0.3 is 0 Å². The summed E-state index contributed by atoms with van der Waals surface area (Å²) >= 11 is 0. The summed E-state index contributed by atoms with van der Waals surface area (Å²) in [5, 5.41) is 6.75. The molecule has 2 heterocycles. The highest BCUT2D eigenvalue weighted by atomic mass is 16.5. The van der Waals surface area contributed by atoms with E-state index >= 15 is 0 Å². The van der Waals surface area contributed by atoms with Gasteiger partial charge in [0.05, 0.1) is 0 Å². The number of nitrogens with zero attached hydrogens (tertiary/aromatic N) is 2. The standard InChI is InChI=1S/C31H42N4O2/c1-6-9-11-28(36)20-24-12-15-27(16-13-24)34-23(5)35-29(25(8-3)10-7-2)17-14-26-21-33-31-30(22(26)4)32-18-19-37-31/h8,12-13,15-16,21,32,34H,5-7,9-11,14,17-20H2,1-4H3/b25-8-,35-29-. The Bertz CT molecular complexity index is 1130. The molecule has 0 saturated heterocycles. The van der Waals surface area contributed by atoms with Crippen LogP contribution in [-0.2, 0) is 17.6 Å². The molecule has 2 N–H and O–H groups in total. The molecular weight excluding hydrogens is 460 g/mol. The van der Waals surface area contributed by atoms with E-state index in [0.717, 1.165) is 67.7 Å². The minimum absolute atomic E-state index is 0.295. The number of benzene rings is 1. The van der Waals surface area contributed by atoms with Crippen molar-refractivity contribution in [1.29, 1.82) is 0 Å². The van der Waals surface area contributed by atoms with E-state index in [1.807, 2.05) is 30.5 Å². The molecule has 1 aromatic heterocycles. The molecule has 0 spiro atoms. The predicted molar refractivity (Wildman–Crippen MR) is 155 cm³/mol. The van der Waals surface area contributed by atoms with Crippen molar-refractivity contribution in [3.05, 3.63) is 71.2 Å². The monoisotopic (exact) mass is 502 g/mol. The first-order valence-corrected chi connectivity index (χ1v) is 13.6. The average molecular weight is 503 g/mol. The smallest absolute Gasteiger partial charge is 0.237 e. The summed E-state index contributed by atoms with van der Waals surface area (Å²) in [6.45, 7) is 14.1. The van der Waals surface area contributed by atoms with Crippen LogP contribution in [0.5, 0.6) is 5.88 Å². The van der Waals surface area contributed by atoms with Gasteiger partial charge in [-0.3, -0.25) is 4.79 Å². The van der Waals surface area contributed by atoms with Crippen molar-refractivity contribution < 1.29 is 9.53 Å². The first kappa shape index (κ1) is 28.2. The van der Waals surface area contributed by atoms with Gasteiger partial charge in [-0.2, -0.15) is 0 Å². The van der Waals surface area contributed by atoms with E-state index in [2.05, 4.69) is 56.0 Å². The Balaban J connectivity index is 1.69. The lowest BCUT2D eigenvalue weighted by molar-refractivity contribution is -0.118. The molecule has 1 aliphatic rings. The number of anilines is 2. The van der Waals surface area contributed by atoms with Crippen LogP contribution in [0.2, 0.25) is 0 Å². The summed E-state index contributed by atoms with van der Waals surface area (Å²) in [4.78, 5) is 21.5. The maximum atomic E-state index is 12.1. The fourth-order valence-electron chi connectivity index (χ4n) is 4.53. The van der Waals surface area contributed by atoms with Crippen molar-refractivity contribution in [2.75, 3.05) is 23.8 Å². The number of nitrogens with one attached hydrogen (secondary N) is 2. The molecule has 1 aliphatic heterocycles. The van der Waals surface area contributed by atoms with Crippen LogP contribution in [0.25, 0.3) is 0 Å². The molecule has 0 fully saturated rings. The Hall–Kier alpha value is -3.41. The van der Waals surface area contributed by atoms with Crippen LogP contribution in [0.1, 0.15) is 76.0 Å². The highest BCUT2D eigenvalue weighted by molar-refractivity contribution is 6.01. The molecule has 0 unspecified atom stereocenters.